The third kappa shape index (κ3) is 3.81. The quantitative estimate of drug-likeness (QED) is 0.874. The highest BCUT2D eigenvalue weighted by Crippen LogP contribution is 2.24. The first-order valence-electron chi connectivity index (χ1n) is 7.34. The zero-order valence-electron chi connectivity index (χ0n) is 13.1. The molecule has 1 aliphatic rings. The van der Waals surface area contributed by atoms with Gasteiger partial charge >= 0.3 is 0 Å². The van der Waals surface area contributed by atoms with Crippen molar-refractivity contribution in [2.24, 2.45) is 7.05 Å². The van der Waals surface area contributed by atoms with Crippen LogP contribution in [0.5, 0.6) is 0 Å². The van der Waals surface area contributed by atoms with Gasteiger partial charge in [-0.15, -0.1) is 0 Å². The van der Waals surface area contributed by atoms with Crippen molar-refractivity contribution in [1.29, 1.82) is 0 Å². The molecule has 1 saturated heterocycles. The first-order valence-corrected chi connectivity index (χ1v) is 7.34. The molecule has 0 radical (unpaired) electrons. The molecule has 0 amide bonds. The van der Waals surface area contributed by atoms with Crippen molar-refractivity contribution in [1.82, 2.24) is 15.1 Å². The Bertz CT molecular complexity index is 442. The summed E-state index contributed by atoms with van der Waals surface area (Å²) < 4.78 is 7.16. The van der Waals surface area contributed by atoms with Crippen LogP contribution in [0, 0.1) is 0 Å². The molecule has 0 aromatic carbocycles. The topological polar surface area (TPSA) is 59.3 Å². The molecule has 0 unspecified atom stereocenters. The fraction of sp³-hybridized carbons (Fsp3) is 0.800. The van der Waals surface area contributed by atoms with Gasteiger partial charge in [-0.25, -0.2) is 0 Å². The molecule has 2 N–H and O–H groups in total. The fourth-order valence-electron chi connectivity index (χ4n) is 2.66. The highest BCUT2D eigenvalue weighted by Gasteiger charge is 2.29. The minimum absolute atomic E-state index is 0.0356. The highest BCUT2D eigenvalue weighted by molar-refractivity contribution is 5.23. The molecule has 2 heterocycles. The van der Waals surface area contributed by atoms with Crippen LogP contribution < -0.4 is 5.32 Å². The molecule has 0 spiro atoms. The molecular formula is C15H27N3O2. The number of aromatic nitrogens is 2. The van der Waals surface area contributed by atoms with Gasteiger partial charge < -0.3 is 15.2 Å². The maximum Gasteiger partial charge on any atom is 0.0815 e. The maximum atomic E-state index is 10.4. The molecule has 5 heteroatoms. The standard InChI is InChI=1S/C15H27N3O2/c1-14(2,3)13-12(10-18(4)17-13)9-16-11-15(19)5-7-20-8-6-15/h10,16,19H,5-9,11H2,1-4H3. The molecule has 1 aromatic heterocycles. The van der Waals surface area contributed by atoms with Gasteiger partial charge in [0.15, 0.2) is 0 Å². The SMILES string of the molecule is Cn1cc(CNCC2(O)CCOCC2)c(C(C)(C)C)n1. The molecule has 0 bridgehead atoms. The Morgan fingerprint density at radius 3 is 2.65 bits per heavy atom. The second kappa shape index (κ2) is 5.84. The lowest BCUT2D eigenvalue weighted by atomic mass is 9.89. The summed E-state index contributed by atoms with van der Waals surface area (Å²) in [5.41, 5.74) is 1.73. The van der Waals surface area contributed by atoms with Crippen LogP contribution in [0.4, 0.5) is 0 Å². The normalized spacial score (nSPS) is 19.2. The van der Waals surface area contributed by atoms with E-state index in [0.717, 1.165) is 12.2 Å². The zero-order chi connectivity index (χ0) is 14.8. The summed E-state index contributed by atoms with van der Waals surface area (Å²) in [5, 5.41) is 18.4. The molecular weight excluding hydrogens is 254 g/mol. The monoisotopic (exact) mass is 281 g/mol. The predicted octanol–water partition coefficient (Wildman–Crippen LogP) is 1.35. The largest absolute Gasteiger partial charge is 0.388 e. The third-order valence-electron chi connectivity index (χ3n) is 3.81. The Balaban J connectivity index is 1.94. The summed E-state index contributed by atoms with van der Waals surface area (Å²) in [6, 6.07) is 0. The van der Waals surface area contributed by atoms with E-state index in [4.69, 9.17) is 4.74 Å². The van der Waals surface area contributed by atoms with Gasteiger partial charge in [0.05, 0.1) is 11.3 Å². The van der Waals surface area contributed by atoms with Crippen molar-refractivity contribution >= 4 is 0 Å². The summed E-state index contributed by atoms with van der Waals surface area (Å²) in [6.45, 7) is 9.16. The lowest BCUT2D eigenvalue weighted by molar-refractivity contribution is -0.0617. The van der Waals surface area contributed by atoms with Crippen LogP contribution in [-0.2, 0) is 23.7 Å². The number of aryl methyl sites for hydroxylation is 1. The van der Waals surface area contributed by atoms with Gasteiger partial charge in [0.1, 0.15) is 0 Å². The molecule has 5 nitrogen and oxygen atoms in total. The van der Waals surface area contributed by atoms with Gasteiger partial charge in [0.2, 0.25) is 0 Å². The number of nitrogens with zero attached hydrogens (tertiary/aromatic N) is 2. The van der Waals surface area contributed by atoms with Gasteiger partial charge in [0, 0.05) is 63.4 Å². The summed E-state index contributed by atoms with van der Waals surface area (Å²) in [7, 11) is 1.95. The third-order valence-corrected chi connectivity index (χ3v) is 3.81. The van der Waals surface area contributed by atoms with Crippen molar-refractivity contribution in [2.45, 2.75) is 51.2 Å². The predicted molar refractivity (Wildman–Crippen MR) is 78.6 cm³/mol. The second-order valence-corrected chi connectivity index (χ2v) is 6.87. The van der Waals surface area contributed by atoms with E-state index in [1.54, 1.807) is 0 Å². The van der Waals surface area contributed by atoms with Gasteiger partial charge in [0.25, 0.3) is 0 Å². The van der Waals surface area contributed by atoms with Gasteiger partial charge in [-0.2, -0.15) is 5.10 Å². The van der Waals surface area contributed by atoms with E-state index >= 15 is 0 Å². The first kappa shape index (κ1) is 15.5. The van der Waals surface area contributed by atoms with Crippen LogP contribution in [0.15, 0.2) is 6.20 Å². The van der Waals surface area contributed by atoms with E-state index in [-0.39, 0.29) is 5.41 Å². The Kier molecular flexibility index (Phi) is 4.52. The lowest BCUT2D eigenvalue weighted by Crippen LogP contribution is -2.44. The number of aliphatic hydroxyl groups is 1. The molecule has 2 rings (SSSR count). The summed E-state index contributed by atoms with van der Waals surface area (Å²) in [4.78, 5) is 0. The van der Waals surface area contributed by atoms with Crippen LogP contribution in [0.25, 0.3) is 0 Å². The van der Waals surface area contributed by atoms with Crippen molar-refractivity contribution in [3.8, 4) is 0 Å². The van der Waals surface area contributed by atoms with Crippen LogP contribution in [0.2, 0.25) is 0 Å². The van der Waals surface area contributed by atoms with Crippen LogP contribution in [-0.4, -0.2) is 40.2 Å². The molecule has 0 aliphatic carbocycles. The molecule has 0 saturated carbocycles. The molecule has 1 aliphatic heterocycles. The van der Waals surface area contributed by atoms with Gasteiger partial charge in [-0.1, -0.05) is 20.8 Å². The van der Waals surface area contributed by atoms with E-state index in [0.29, 0.717) is 32.6 Å². The van der Waals surface area contributed by atoms with Crippen LogP contribution in [0.1, 0.15) is 44.9 Å². The van der Waals surface area contributed by atoms with Crippen molar-refractivity contribution < 1.29 is 9.84 Å². The van der Waals surface area contributed by atoms with Crippen molar-refractivity contribution in [3.05, 3.63) is 17.5 Å². The van der Waals surface area contributed by atoms with Gasteiger partial charge in [-0.05, 0) is 0 Å². The van der Waals surface area contributed by atoms with E-state index in [1.165, 1.54) is 5.56 Å². The van der Waals surface area contributed by atoms with Gasteiger partial charge in [-0.3, -0.25) is 4.68 Å². The summed E-state index contributed by atoms with van der Waals surface area (Å²) >= 11 is 0. The second-order valence-electron chi connectivity index (χ2n) is 6.87. The Morgan fingerprint density at radius 1 is 1.40 bits per heavy atom. The van der Waals surface area contributed by atoms with E-state index in [1.807, 2.05) is 11.7 Å². The average molecular weight is 281 g/mol. The number of rotatable bonds is 4. The Morgan fingerprint density at radius 2 is 2.05 bits per heavy atom. The average Bonchev–Trinajstić information content (AvgIpc) is 2.71. The smallest absolute Gasteiger partial charge is 0.0815 e. The van der Waals surface area contributed by atoms with Crippen LogP contribution in [0.3, 0.4) is 0 Å². The Labute approximate surface area is 121 Å². The van der Waals surface area contributed by atoms with E-state index in [9.17, 15) is 5.11 Å². The fourth-order valence-corrected chi connectivity index (χ4v) is 2.66. The van der Waals surface area contributed by atoms with E-state index < -0.39 is 5.60 Å². The van der Waals surface area contributed by atoms with E-state index in [2.05, 4.69) is 37.4 Å². The molecule has 1 fully saturated rings. The van der Waals surface area contributed by atoms with Crippen LogP contribution >= 0.6 is 0 Å². The Hall–Kier alpha value is -0.910. The maximum absolute atomic E-state index is 10.4. The zero-order valence-corrected chi connectivity index (χ0v) is 13.1. The lowest BCUT2D eigenvalue weighted by Gasteiger charge is -2.32. The molecule has 0 atom stereocenters. The van der Waals surface area contributed by atoms with Crippen molar-refractivity contribution in [2.75, 3.05) is 19.8 Å². The van der Waals surface area contributed by atoms with Crippen molar-refractivity contribution in [3.63, 3.8) is 0 Å². The highest BCUT2D eigenvalue weighted by atomic mass is 16.5. The minimum atomic E-state index is -0.623. The minimum Gasteiger partial charge on any atom is -0.388 e. The number of ether oxygens (including phenoxy) is 1. The summed E-state index contributed by atoms with van der Waals surface area (Å²) in [6.07, 6.45) is 3.47. The number of nitrogens with one attached hydrogen (secondary N) is 1. The number of hydrogen-bond acceptors (Lipinski definition) is 4. The first-order chi connectivity index (χ1) is 9.30. The molecule has 1 aromatic rings. The summed E-state index contributed by atoms with van der Waals surface area (Å²) in [5.74, 6) is 0. The number of hydrogen-bond donors (Lipinski definition) is 2. The molecule has 20 heavy (non-hydrogen) atoms. The molecule has 114 valence electrons.